The van der Waals surface area contributed by atoms with Crippen LogP contribution in [0.3, 0.4) is 0 Å². The molecular formula is C20H18FN3O3. The molecule has 2 heterocycles. The van der Waals surface area contributed by atoms with E-state index in [1.54, 1.807) is 24.1 Å². The third kappa shape index (κ3) is 3.28. The number of aryl methyl sites for hydroxylation is 1. The van der Waals surface area contributed by atoms with E-state index in [9.17, 15) is 9.18 Å². The summed E-state index contributed by atoms with van der Waals surface area (Å²) in [6.45, 7) is 2.39. The summed E-state index contributed by atoms with van der Waals surface area (Å²) in [6.07, 6.45) is 0.279. The lowest BCUT2D eigenvalue weighted by atomic mass is 10.1. The number of benzene rings is 2. The molecule has 6 nitrogen and oxygen atoms in total. The Balaban J connectivity index is 1.58. The Kier molecular flexibility index (Phi) is 4.35. The fourth-order valence-corrected chi connectivity index (χ4v) is 3.26. The smallest absolute Gasteiger partial charge is 0.232 e. The maximum absolute atomic E-state index is 13.4. The van der Waals surface area contributed by atoms with Gasteiger partial charge < -0.3 is 14.2 Å². The van der Waals surface area contributed by atoms with Gasteiger partial charge in [-0.15, -0.1) is 0 Å². The van der Waals surface area contributed by atoms with Gasteiger partial charge in [0.2, 0.25) is 17.6 Å². The summed E-state index contributed by atoms with van der Waals surface area (Å²) in [5.41, 5.74) is 2.33. The number of carbonyl (C=O) groups is 1. The average Bonchev–Trinajstić information content (AvgIpc) is 3.29. The van der Waals surface area contributed by atoms with Gasteiger partial charge in [0.15, 0.2) is 0 Å². The van der Waals surface area contributed by atoms with Gasteiger partial charge in [-0.25, -0.2) is 4.39 Å². The Morgan fingerprint density at radius 1 is 1.26 bits per heavy atom. The number of methoxy groups -OCH3 is 1. The zero-order chi connectivity index (χ0) is 19.0. The largest absolute Gasteiger partial charge is 0.497 e. The molecule has 1 aliphatic rings. The minimum absolute atomic E-state index is 0.0122. The van der Waals surface area contributed by atoms with Crippen LogP contribution >= 0.6 is 0 Å². The van der Waals surface area contributed by atoms with Gasteiger partial charge in [0.1, 0.15) is 11.6 Å². The molecule has 0 bridgehead atoms. The molecule has 1 unspecified atom stereocenters. The number of amides is 1. The van der Waals surface area contributed by atoms with Gasteiger partial charge in [0, 0.05) is 24.6 Å². The molecule has 0 radical (unpaired) electrons. The molecule has 0 N–H and O–H groups in total. The third-order valence-corrected chi connectivity index (χ3v) is 4.71. The Morgan fingerprint density at radius 3 is 2.89 bits per heavy atom. The van der Waals surface area contributed by atoms with E-state index in [1.165, 1.54) is 12.1 Å². The summed E-state index contributed by atoms with van der Waals surface area (Å²) in [7, 11) is 1.59. The number of hydrogen-bond acceptors (Lipinski definition) is 5. The highest BCUT2D eigenvalue weighted by Crippen LogP contribution is 2.35. The van der Waals surface area contributed by atoms with Gasteiger partial charge in [-0.1, -0.05) is 23.4 Å². The minimum Gasteiger partial charge on any atom is -0.497 e. The quantitative estimate of drug-likeness (QED) is 0.703. The first kappa shape index (κ1) is 17.2. The number of nitrogens with zero attached hydrogens (tertiary/aromatic N) is 3. The summed E-state index contributed by atoms with van der Waals surface area (Å²) >= 11 is 0. The molecule has 1 saturated heterocycles. The standard InChI is InChI=1S/C20H18FN3O3/c1-12-6-7-16(26-2)10-17(12)24-11-14(9-18(24)25)20-22-19(23-27-20)13-4-3-5-15(21)8-13/h3-8,10,14H,9,11H2,1-2H3. The lowest BCUT2D eigenvalue weighted by Crippen LogP contribution is -2.25. The van der Waals surface area contributed by atoms with Gasteiger partial charge in [0.25, 0.3) is 0 Å². The molecule has 4 rings (SSSR count). The highest BCUT2D eigenvalue weighted by atomic mass is 19.1. The highest BCUT2D eigenvalue weighted by molar-refractivity contribution is 5.97. The van der Waals surface area contributed by atoms with Gasteiger partial charge in [-0.3, -0.25) is 4.79 Å². The van der Waals surface area contributed by atoms with Crippen LogP contribution < -0.4 is 9.64 Å². The molecule has 0 saturated carbocycles. The lowest BCUT2D eigenvalue weighted by molar-refractivity contribution is -0.117. The van der Waals surface area contributed by atoms with E-state index < -0.39 is 0 Å². The van der Waals surface area contributed by atoms with Crippen LogP contribution in [0.5, 0.6) is 5.75 Å². The van der Waals surface area contributed by atoms with Gasteiger partial charge >= 0.3 is 0 Å². The van der Waals surface area contributed by atoms with E-state index in [0.29, 0.717) is 29.6 Å². The Bertz CT molecular complexity index is 1000. The lowest BCUT2D eigenvalue weighted by Gasteiger charge is -2.19. The molecule has 1 fully saturated rings. The van der Waals surface area contributed by atoms with Crippen LogP contribution in [0.25, 0.3) is 11.4 Å². The monoisotopic (exact) mass is 367 g/mol. The SMILES string of the molecule is COc1ccc(C)c(N2CC(c3nc(-c4cccc(F)c4)no3)CC2=O)c1. The maximum Gasteiger partial charge on any atom is 0.232 e. The Morgan fingerprint density at radius 2 is 2.11 bits per heavy atom. The number of hydrogen-bond donors (Lipinski definition) is 0. The van der Waals surface area contributed by atoms with Crippen molar-refractivity contribution in [3.63, 3.8) is 0 Å². The van der Waals surface area contributed by atoms with E-state index in [2.05, 4.69) is 10.1 Å². The van der Waals surface area contributed by atoms with E-state index in [-0.39, 0.29) is 24.1 Å². The Labute approximate surface area is 155 Å². The second-order valence-electron chi connectivity index (χ2n) is 6.52. The molecule has 1 amide bonds. The number of aromatic nitrogens is 2. The van der Waals surface area contributed by atoms with Crippen molar-refractivity contribution >= 4 is 11.6 Å². The summed E-state index contributed by atoms with van der Waals surface area (Å²) < 4.78 is 24.0. The van der Waals surface area contributed by atoms with Crippen LogP contribution in [0.2, 0.25) is 0 Å². The molecular weight excluding hydrogens is 349 g/mol. The molecule has 27 heavy (non-hydrogen) atoms. The minimum atomic E-state index is -0.366. The van der Waals surface area contributed by atoms with E-state index in [4.69, 9.17) is 9.26 Å². The first-order valence-corrected chi connectivity index (χ1v) is 8.59. The van der Waals surface area contributed by atoms with Crippen LogP contribution in [0.1, 0.15) is 23.8 Å². The van der Waals surface area contributed by atoms with Gasteiger partial charge in [0.05, 0.1) is 18.7 Å². The van der Waals surface area contributed by atoms with Crippen LogP contribution in [0.4, 0.5) is 10.1 Å². The van der Waals surface area contributed by atoms with Crippen LogP contribution in [0.15, 0.2) is 47.0 Å². The summed E-state index contributed by atoms with van der Waals surface area (Å²) in [5.74, 6) is 0.797. The van der Waals surface area contributed by atoms with Crippen molar-refractivity contribution in [3.05, 3.63) is 59.7 Å². The third-order valence-electron chi connectivity index (χ3n) is 4.71. The van der Waals surface area contributed by atoms with E-state index in [1.807, 2.05) is 25.1 Å². The van der Waals surface area contributed by atoms with Crippen molar-refractivity contribution in [2.75, 3.05) is 18.6 Å². The van der Waals surface area contributed by atoms with E-state index >= 15 is 0 Å². The molecule has 138 valence electrons. The number of halogens is 1. The zero-order valence-corrected chi connectivity index (χ0v) is 15.0. The van der Waals surface area contributed by atoms with Gasteiger partial charge in [-0.05, 0) is 30.7 Å². The van der Waals surface area contributed by atoms with Gasteiger partial charge in [-0.2, -0.15) is 4.98 Å². The molecule has 1 aliphatic heterocycles. The van der Waals surface area contributed by atoms with Crippen LogP contribution in [-0.4, -0.2) is 29.7 Å². The van der Waals surface area contributed by atoms with Crippen molar-refractivity contribution in [1.29, 1.82) is 0 Å². The molecule has 0 aliphatic carbocycles. The predicted molar refractivity (Wildman–Crippen MR) is 97.1 cm³/mol. The van der Waals surface area contributed by atoms with Crippen LogP contribution in [-0.2, 0) is 4.79 Å². The van der Waals surface area contributed by atoms with Crippen molar-refractivity contribution in [3.8, 4) is 17.1 Å². The van der Waals surface area contributed by atoms with Crippen molar-refractivity contribution in [1.82, 2.24) is 10.1 Å². The highest BCUT2D eigenvalue weighted by Gasteiger charge is 2.36. The number of rotatable bonds is 4. The Hall–Kier alpha value is -3.22. The first-order valence-electron chi connectivity index (χ1n) is 8.59. The molecule has 0 spiro atoms. The van der Waals surface area contributed by atoms with Crippen LogP contribution in [0, 0.1) is 12.7 Å². The van der Waals surface area contributed by atoms with Crippen molar-refractivity contribution < 1.29 is 18.4 Å². The van der Waals surface area contributed by atoms with Crippen molar-refractivity contribution in [2.24, 2.45) is 0 Å². The number of ether oxygens (including phenoxy) is 1. The zero-order valence-electron chi connectivity index (χ0n) is 15.0. The summed E-state index contributed by atoms with van der Waals surface area (Å²) in [6, 6.07) is 11.6. The number of carbonyl (C=O) groups excluding carboxylic acids is 1. The second-order valence-corrected chi connectivity index (χ2v) is 6.52. The van der Waals surface area contributed by atoms with Crippen molar-refractivity contribution in [2.45, 2.75) is 19.3 Å². The predicted octanol–water partition coefficient (Wildman–Crippen LogP) is 3.71. The molecule has 3 aromatic rings. The molecule has 2 aromatic carbocycles. The maximum atomic E-state index is 13.4. The summed E-state index contributed by atoms with van der Waals surface area (Å²) in [4.78, 5) is 18.7. The molecule has 7 heteroatoms. The average molecular weight is 367 g/mol. The first-order chi connectivity index (χ1) is 13.0. The topological polar surface area (TPSA) is 68.5 Å². The molecule has 1 aromatic heterocycles. The normalized spacial score (nSPS) is 16.8. The van der Waals surface area contributed by atoms with E-state index in [0.717, 1.165) is 11.3 Å². The summed E-state index contributed by atoms with van der Waals surface area (Å²) in [5, 5.41) is 3.94. The number of anilines is 1. The second kappa shape index (κ2) is 6.83. The fraction of sp³-hybridized carbons (Fsp3) is 0.250. The molecule has 1 atom stereocenters. The fourth-order valence-electron chi connectivity index (χ4n) is 3.26.